The lowest BCUT2D eigenvalue weighted by Crippen LogP contribution is -1.97. The maximum Gasteiger partial charge on any atom is 0.160 e. The number of nitrogens with zero attached hydrogens (tertiary/aromatic N) is 3. The highest BCUT2D eigenvalue weighted by Gasteiger charge is 2.18. The molecule has 0 saturated heterocycles. The molecule has 0 unspecified atom stereocenters. The van der Waals surface area contributed by atoms with Gasteiger partial charge in [-0.1, -0.05) is 121 Å². The molecule has 0 N–H and O–H groups in total. The average Bonchev–Trinajstić information content (AvgIpc) is 3.66. The number of aromatic nitrogens is 3. The van der Waals surface area contributed by atoms with Crippen LogP contribution in [0.3, 0.4) is 0 Å². The first-order valence-corrected chi connectivity index (χ1v) is 18.5. The Kier molecular flexibility index (Phi) is 7.14. The van der Waals surface area contributed by atoms with Gasteiger partial charge in [-0.05, 0) is 109 Å². The first-order valence-electron chi connectivity index (χ1n) is 18.5. The topological polar surface area (TPSA) is 51.8 Å². The van der Waals surface area contributed by atoms with Crippen LogP contribution in [0.1, 0.15) is 0 Å². The molecule has 55 heavy (non-hydrogen) atoms. The third-order valence-electron chi connectivity index (χ3n) is 10.8. The first-order chi connectivity index (χ1) is 27.2. The average molecular weight is 702 g/mol. The predicted molar refractivity (Wildman–Crippen MR) is 227 cm³/mol. The van der Waals surface area contributed by atoms with Gasteiger partial charge in [-0.2, -0.15) is 0 Å². The molecule has 4 nitrogen and oxygen atoms in total. The van der Waals surface area contributed by atoms with Crippen LogP contribution in [0.25, 0.3) is 110 Å². The summed E-state index contributed by atoms with van der Waals surface area (Å²) < 4.78 is 6.51. The number of rotatable bonds is 5. The van der Waals surface area contributed by atoms with Gasteiger partial charge < -0.3 is 4.42 Å². The fourth-order valence-corrected chi connectivity index (χ4v) is 8.14. The van der Waals surface area contributed by atoms with Crippen molar-refractivity contribution in [2.45, 2.75) is 0 Å². The van der Waals surface area contributed by atoms with E-state index in [-0.39, 0.29) is 0 Å². The third-order valence-corrected chi connectivity index (χ3v) is 10.8. The molecule has 0 amide bonds. The molecule has 0 spiro atoms. The summed E-state index contributed by atoms with van der Waals surface area (Å²) in [4.78, 5) is 14.8. The molecule has 3 heterocycles. The molecule has 0 saturated carbocycles. The van der Waals surface area contributed by atoms with E-state index in [2.05, 4.69) is 145 Å². The second-order valence-electron chi connectivity index (χ2n) is 14.0. The second-order valence-corrected chi connectivity index (χ2v) is 14.0. The maximum absolute atomic E-state index is 6.51. The lowest BCUT2D eigenvalue weighted by molar-refractivity contribution is 0.670. The van der Waals surface area contributed by atoms with E-state index in [1.165, 1.54) is 32.3 Å². The fraction of sp³-hybridized carbons (Fsp3) is 0. The lowest BCUT2D eigenvalue weighted by atomic mass is 9.90. The molecule has 11 aromatic rings. The number of para-hydroxylation sites is 2. The molecule has 3 aromatic heterocycles. The minimum Gasteiger partial charge on any atom is -0.455 e. The van der Waals surface area contributed by atoms with Crippen molar-refractivity contribution in [2.24, 2.45) is 0 Å². The zero-order valence-corrected chi connectivity index (χ0v) is 29.6. The van der Waals surface area contributed by atoms with Crippen LogP contribution in [0.5, 0.6) is 0 Å². The molecular weight excluding hydrogens is 671 g/mol. The standard InChI is InChI=1S/C51H31N3O/c1-2-11-33(12-3-1)51-53-47(31-48(54-51)45-19-10-18-44-43-17-8-9-20-49(43)55-50(44)45)37-28-35(32-23-25-52-26-24-32)27-36(29-37)34-21-22-42-40-15-5-4-13-38(40)39-14-6-7-16-41(39)46(42)30-34/h1-31H. The van der Waals surface area contributed by atoms with E-state index in [9.17, 15) is 0 Å². The molecule has 8 aromatic carbocycles. The van der Waals surface area contributed by atoms with Crippen molar-refractivity contribution in [2.75, 3.05) is 0 Å². The monoisotopic (exact) mass is 701 g/mol. The number of hydrogen-bond donors (Lipinski definition) is 0. The van der Waals surface area contributed by atoms with Crippen LogP contribution >= 0.6 is 0 Å². The van der Waals surface area contributed by atoms with Crippen LogP contribution in [0, 0.1) is 0 Å². The van der Waals surface area contributed by atoms with Gasteiger partial charge in [0.05, 0.1) is 11.4 Å². The highest BCUT2D eigenvalue weighted by Crippen LogP contribution is 2.41. The van der Waals surface area contributed by atoms with Gasteiger partial charge in [-0.15, -0.1) is 0 Å². The van der Waals surface area contributed by atoms with Crippen molar-refractivity contribution in [3.8, 4) is 56.2 Å². The fourth-order valence-electron chi connectivity index (χ4n) is 8.14. The van der Waals surface area contributed by atoms with Crippen LogP contribution in [0.15, 0.2) is 193 Å². The third kappa shape index (κ3) is 5.26. The predicted octanol–water partition coefficient (Wildman–Crippen LogP) is 13.6. The van der Waals surface area contributed by atoms with Crippen molar-refractivity contribution in [3.63, 3.8) is 0 Å². The van der Waals surface area contributed by atoms with Crippen molar-refractivity contribution >= 4 is 54.3 Å². The Bertz CT molecular complexity index is 3220. The zero-order chi connectivity index (χ0) is 36.3. The molecule has 0 radical (unpaired) electrons. The summed E-state index contributed by atoms with van der Waals surface area (Å²) >= 11 is 0. The summed E-state index contributed by atoms with van der Waals surface area (Å²) in [7, 11) is 0. The zero-order valence-electron chi connectivity index (χ0n) is 29.6. The van der Waals surface area contributed by atoms with E-state index in [4.69, 9.17) is 14.4 Å². The SMILES string of the molecule is c1ccc(-c2nc(-c3cc(-c4ccncc4)cc(-c4ccc5c6ccccc6c6ccccc6c5c4)c3)cc(-c3cccc4c3oc3ccccc34)n2)cc1. The van der Waals surface area contributed by atoms with E-state index in [1.807, 2.05) is 48.8 Å². The van der Waals surface area contributed by atoms with Crippen molar-refractivity contribution in [1.29, 1.82) is 0 Å². The molecule has 0 aliphatic heterocycles. The van der Waals surface area contributed by atoms with Crippen LogP contribution in [0.4, 0.5) is 0 Å². The Morgan fingerprint density at radius 3 is 1.65 bits per heavy atom. The second kappa shape index (κ2) is 12.6. The Morgan fingerprint density at radius 1 is 0.327 bits per heavy atom. The van der Waals surface area contributed by atoms with E-state index in [0.717, 1.165) is 72.3 Å². The summed E-state index contributed by atoms with van der Waals surface area (Å²) in [6, 6.07) is 62.0. The Labute approximate surface area is 317 Å². The molecule has 0 aliphatic carbocycles. The number of fused-ring (bicyclic) bond motifs is 9. The van der Waals surface area contributed by atoms with Crippen molar-refractivity contribution in [1.82, 2.24) is 15.0 Å². The summed E-state index contributed by atoms with van der Waals surface area (Å²) in [5.74, 6) is 0.654. The number of pyridine rings is 1. The molecule has 0 atom stereocenters. The Hall–Kier alpha value is -7.43. The van der Waals surface area contributed by atoms with E-state index in [0.29, 0.717) is 5.82 Å². The van der Waals surface area contributed by atoms with Gasteiger partial charge in [-0.25, -0.2) is 9.97 Å². The molecule has 0 aliphatic rings. The van der Waals surface area contributed by atoms with Crippen molar-refractivity contribution in [3.05, 3.63) is 188 Å². The largest absolute Gasteiger partial charge is 0.455 e. The van der Waals surface area contributed by atoms with Gasteiger partial charge in [0.15, 0.2) is 5.82 Å². The quantitative estimate of drug-likeness (QED) is 0.168. The maximum atomic E-state index is 6.51. The normalized spacial score (nSPS) is 11.6. The molecule has 11 rings (SSSR count). The number of hydrogen-bond acceptors (Lipinski definition) is 4. The van der Waals surface area contributed by atoms with Crippen LogP contribution in [-0.4, -0.2) is 15.0 Å². The van der Waals surface area contributed by atoms with Gasteiger partial charge in [-0.3, -0.25) is 4.98 Å². The van der Waals surface area contributed by atoms with E-state index < -0.39 is 0 Å². The smallest absolute Gasteiger partial charge is 0.160 e. The van der Waals surface area contributed by atoms with Crippen LogP contribution in [-0.2, 0) is 0 Å². The summed E-state index contributed by atoms with van der Waals surface area (Å²) in [6.07, 6.45) is 3.69. The number of benzene rings is 8. The molecular formula is C51H31N3O. The highest BCUT2D eigenvalue weighted by molar-refractivity contribution is 6.25. The molecule has 256 valence electrons. The highest BCUT2D eigenvalue weighted by atomic mass is 16.3. The molecule has 4 heteroatoms. The van der Waals surface area contributed by atoms with Gasteiger partial charge in [0.2, 0.25) is 0 Å². The Morgan fingerprint density at radius 2 is 0.909 bits per heavy atom. The molecule has 0 fully saturated rings. The van der Waals surface area contributed by atoms with E-state index >= 15 is 0 Å². The van der Waals surface area contributed by atoms with Crippen LogP contribution in [0.2, 0.25) is 0 Å². The van der Waals surface area contributed by atoms with Gasteiger partial charge >= 0.3 is 0 Å². The molecule has 0 bridgehead atoms. The van der Waals surface area contributed by atoms with Crippen LogP contribution < -0.4 is 0 Å². The minimum atomic E-state index is 0.654. The summed E-state index contributed by atoms with van der Waals surface area (Å²) in [6.45, 7) is 0. The first kappa shape index (κ1) is 31.1. The van der Waals surface area contributed by atoms with Gasteiger partial charge in [0, 0.05) is 39.9 Å². The summed E-state index contributed by atoms with van der Waals surface area (Å²) in [5.41, 5.74) is 10.6. The van der Waals surface area contributed by atoms with Gasteiger partial charge in [0.1, 0.15) is 11.2 Å². The van der Waals surface area contributed by atoms with E-state index in [1.54, 1.807) is 0 Å². The lowest BCUT2D eigenvalue weighted by Gasteiger charge is -2.15. The Balaban J connectivity index is 1.16. The van der Waals surface area contributed by atoms with Crippen molar-refractivity contribution < 1.29 is 4.42 Å². The van der Waals surface area contributed by atoms with Gasteiger partial charge in [0.25, 0.3) is 0 Å². The summed E-state index contributed by atoms with van der Waals surface area (Å²) in [5, 5.41) is 9.67. The minimum absolute atomic E-state index is 0.654. The number of furan rings is 1.